The van der Waals surface area contributed by atoms with Gasteiger partial charge in [0, 0.05) is 11.9 Å². The number of carbonyl (C=O) groups is 1. The van der Waals surface area contributed by atoms with Crippen LogP contribution in [0.25, 0.3) is 0 Å². The van der Waals surface area contributed by atoms with Crippen LogP contribution in [-0.2, 0) is 6.42 Å². The van der Waals surface area contributed by atoms with E-state index in [0.717, 1.165) is 24.1 Å². The largest absolute Gasteiger partial charge is 0.478 e. The van der Waals surface area contributed by atoms with E-state index in [1.165, 1.54) is 6.20 Å². The highest BCUT2D eigenvalue weighted by Crippen LogP contribution is 2.30. The molecule has 3 nitrogen and oxygen atoms in total. The molecule has 1 heterocycles. The van der Waals surface area contributed by atoms with Crippen molar-refractivity contribution in [2.24, 2.45) is 0 Å². The maximum absolute atomic E-state index is 10.6. The molecular weight excluding hydrogens is 166 g/mol. The Morgan fingerprint density at radius 1 is 1.69 bits per heavy atom. The topological polar surface area (TPSA) is 50.2 Å². The monoisotopic (exact) mass is 177 g/mol. The fourth-order valence-corrected chi connectivity index (χ4v) is 1.79. The second kappa shape index (κ2) is 2.83. The summed E-state index contributed by atoms with van der Waals surface area (Å²) in [5, 5.41) is 8.74. The molecule has 13 heavy (non-hydrogen) atoms. The number of carboxylic acid groups (broad SMARTS) is 1. The summed E-state index contributed by atoms with van der Waals surface area (Å²) >= 11 is 0. The van der Waals surface area contributed by atoms with Crippen molar-refractivity contribution in [3.63, 3.8) is 0 Å². The van der Waals surface area contributed by atoms with Gasteiger partial charge >= 0.3 is 5.97 Å². The molecule has 68 valence electrons. The average Bonchev–Trinajstić information content (AvgIpc) is 2.47. The zero-order valence-electron chi connectivity index (χ0n) is 7.45. The van der Waals surface area contributed by atoms with Crippen LogP contribution in [-0.4, -0.2) is 16.1 Å². The third-order valence-corrected chi connectivity index (χ3v) is 2.56. The van der Waals surface area contributed by atoms with Gasteiger partial charge in [0.1, 0.15) is 0 Å². The first-order valence-electron chi connectivity index (χ1n) is 4.40. The van der Waals surface area contributed by atoms with E-state index in [4.69, 9.17) is 5.11 Å². The molecule has 1 aliphatic rings. The summed E-state index contributed by atoms with van der Waals surface area (Å²) in [6, 6.07) is 1.74. The summed E-state index contributed by atoms with van der Waals surface area (Å²) in [6.45, 7) is 2.12. The molecular formula is C10H11NO2. The van der Waals surface area contributed by atoms with Crippen molar-refractivity contribution in [3.8, 4) is 0 Å². The first-order valence-corrected chi connectivity index (χ1v) is 4.40. The second-order valence-corrected chi connectivity index (χ2v) is 3.51. The minimum Gasteiger partial charge on any atom is -0.478 e. The molecule has 0 aromatic carbocycles. The van der Waals surface area contributed by atoms with E-state index >= 15 is 0 Å². The highest BCUT2D eigenvalue weighted by atomic mass is 16.4. The first-order chi connectivity index (χ1) is 6.18. The van der Waals surface area contributed by atoms with E-state index in [0.29, 0.717) is 11.5 Å². The number of carboxylic acids is 1. The van der Waals surface area contributed by atoms with Crippen molar-refractivity contribution in [2.75, 3.05) is 0 Å². The van der Waals surface area contributed by atoms with E-state index in [1.807, 2.05) is 0 Å². The zero-order valence-corrected chi connectivity index (χ0v) is 7.45. The fraction of sp³-hybridized carbons (Fsp3) is 0.400. The van der Waals surface area contributed by atoms with Gasteiger partial charge < -0.3 is 5.11 Å². The molecule has 1 atom stereocenters. The fourth-order valence-electron chi connectivity index (χ4n) is 1.79. The molecule has 1 aromatic heterocycles. The van der Waals surface area contributed by atoms with Crippen LogP contribution < -0.4 is 0 Å². The number of rotatable bonds is 1. The molecule has 0 radical (unpaired) electrons. The molecule has 0 spiro atoms. The number of aryl methyl sites for hydroxylation is 1. The molecule has 1 aromatic rings. The van der Waals surface area contributed by atoms with Gasteiger partial charge in [-0.2, -0.15) is 0 Å². The lowest BCUT2D eigenvalue weighted by Gasteiger charge is -2.02. The van der Waals surface area contributed by atoms with Gasteiger partial charge in [0.15, 0.2) is 0 Å². The van der Waals surface area contributed by atoms with Crippen LogP contribution in [0.1, 0.15) is 40.9 Å². The third kappa shape index (κ3) is 1.30. The summed E-state index contributed by atoms with van der Waals surface area (Å²) in [4.78, 5) is 14.8. The summed E-state index contributed by atoms with van der Waals surface area (Å²) < 4.78 is 0. The van der Waals surface area contributed by atoms with Crippen LogP contribution in [0.2, 0.25) is 0 Å². The van der Waals surface area contributed by atoms with Crippen molar-refractivity contribution in [1.29, 1.82) is 0 Å². The molecule has 2 rings (SSSR count). The predicted molar refractivity (Wildman–Crippen MR) is 47.9 cm³/mol. The Morgan fingerprint density at radius 2 is 2.46 bits per heavy atom. The van der Waals surface area contributed by atoms with Crippen molar-refractivity contribution in [2.45, 2.75) is 25.7 Å². The summed E-state index contributed by atoms with van der Waals surface area (Å²) in [7, 11) is 0. The number of aromatic carboxylic acids is 1. The van der Waals surface area contributed by atoms with Crippen molar-refractivity contribution < 1.29 is 9.90 Å². The average molecular weight is 177 g/mol. The van der Waals surface area contributed by atoms with E-state index in [2.05, 4.69) is 11.9 Å². The van der Waals surface area contributed by atoms with Crippen LogP contribution in [0.5, 0.6) is 0 Å². The van der Waals surface area contributed by atoms with Crippen LogP contribution in [0, 0.1) is 0 Å². The SMILES string of the molecule is C[C@@H]1CCc2cc(C(=O)O)cnc21. The van der Waals surface area contributed by atoms with Gasteiger partial charge in [-0.1, -0.05) is 6.92 Å². The number of hydrogen-bond donors (Lipinski definition) is 1. The Hall–Kier alpha value is -1.38. The van der Waals surface area contributed by atoms with Crippen LogP contribution in [0.4, 0.5) is 0 Å². The third-order valence-electron chi connectivity index (χ3n) is 2.56. The smallest absolute Gasteiger partial charge is 0.337 e. The highest BCUT2D eigenvalue weighted by Gasteiger charge is 2.20. The lowest BCUT2D eigenvalue weighted by Crippen LogP contribution is -2.00. The van der Waals surface area contributed by atoms with E-state index in [9.17, 15) is 4.79 Å². The summed E-state index contributed by atoms with van der Waals surface area (Å²) in [5.74, 6) is -0.410. The number of nitrogens with zero attached hydrogens (tertiary/aromatic N) is 1. The van der Waals surface area contributed by atoms with Gasteiger partial charge in [-0.3, -0.25) is 4.98 Å². The normalized spacial score (nSPS) is 19.9. The molecule has 0 aliphatic heterocycles. The first kappa shape index (κ1) is 8.23. The Morgan fingerprint density at radius 3 is 3.15 bits per heavy atom. The van der Waals surface area contributed by atoms with Crippen LogP contribution in [0.3, 0.4) is 0 Å². The van der Waals surface area contributed by atoms with E-state index in [1.54, 1.807) is 6.07 Å². The quantitative estimate of drug-likeness (QED) is 0.711. The molecule has 1 aliphatic carbocycles. The van der Waals surface area contributed by atoms with Crippen molar-refractivity contribution in [1.82, 2.24) is 4.98 Å². The second-order valence-electron chi connectivity index (χ2n) is 3.51. The number of pyridine rings is 1. The number of fused-ring (bicyclic) bond motifs is 1. The van der Waals surface area contributed by atoms with Crippen LogP contribution >= 0.6 is 0 Å². The van der Waals surface area contributed by atoms with Gasteiger partial charge in [-0.05, 0) is 30.4 Å². The maximum Gasteiger partial charge on any atom is 0.337 e. The standard InChI is InChI=1S/C10H11NO2/c1-6-2-3-7-4-8(10(12)13)5-11-9(6)7/h4-6H,2-3H2,1H3,(H,12,13)/t6-/m1/s1. The lowest BCUT2D eigenvalue weighted by atomic mass is 10.1. The lowest BCUT2D eigenvalue weighted by molar-refractivity contribution is 0.0696. The Kier molecular flexibility index (Phi) is 1.79. The molecule has 0 fully saturated rings. The maximum atomic E-state index is 10.6. The Labute approximate surface area is 76.4 Å². The molecule has 0 bridgehead atoms. The molecule has 0 unspecified atom stereocenters. The summed E-state index contributed by atoms with van der Waals surface area (Å²) in [5.41, 5.74) is 2.48. The van der Waals surface area contributed by atoms with E-state index < -0.39 is 5.97 Å². The Bertz CT molecular complexity index is 360. The highest BCUT2D eigenvalue weighted by molar-refractivity contribution is 5.87. The minimum atomic E-state index is -0.894. The molecule has 0 amide bonds. The zero-order chi connectivity index (χ0) is 9.42. The summed E-state index contributed by atoms with van der Waals surface area (Å²) in [6.07, 6.45) is 3.50. The van der Waals surface area contributed by atoms with Gasteiger partial charge in [-0.15, -0.1) is 0 Å². The van der Waals surface area contributed by atoms with Gasteiger partial charge in [0.05, 0.1) is 5.56 Å². The molecule has 0 saturated carbocycles. The molecule has 1 N–H and O–H groups in total. The number of aromatic nitrogens is 1. The van der Waals surface area contributed by atoms with Gasteiger partial charge in [0.2, 0.25) is 0 Å². The molecule has 0 saturated heterocycles. The van der Waals surface area contributed by atoms with Crippen LogP contribution in [0.15, 0.2) is 12.3 Å². The minimum absolute atomic E-state index is 0.299. The number of hydrogen-bond acceptors (Lipinski definition) is 2. The van der Waals surface area contributed by atoms with Gasteiger partial charge in [0.25, 0.3) is 0 Å². The molecule has 3 heteroatoms. The van der Waals surface area contributed by atoms with E-state index in [-0.39, 0.29) is 0 Å². The van der Waals surface area contributed by atoms with Crippen molar-refractivity contribution in [3.05, 3.63) is 29.1 Å². The van der Waals surface area contributed by atoms with Gasteiger partial charge in [-0.25, -0.2) is 4.79 Å². The van der Waals surface area contributed by atoms with Crippen molar-refractivity contribution >= 4 is 5.97 Å². The predicted octanol–water partition coefficient (Wildman–Crippen LogP) is 1.83. The Balaban J connectivity index is 2.45.